The number of benzene rings is 3. The van der Waals surface area contributed by atoms with E-state index in [0.29, 0.717) is 116 Å². The maximum absolute atomic E-state index is 9.17. The van der Waals surface area contributed by atoms with Crippen molar-refractivity contribution in [2.24, 2.45) is 0 Å². The Hall–Kier alpha value is -10.5. The first-order valence-electron chi connectivity index (χ1n) is 33.1. The molecular formula is C72H63Cl3N18O12. The van der Waals surface area contributed by atoms with Crippen molar-refractivity contribution >= 4 is 118 Å². The van der Waals surface area contributed by atoms with Crippen molar-refractivity contribution in [2.45, 2.75) is 133 Å². The summed E-state index contributed by atoms with van der Waals surface area (Å²) >= 11 is 18.8. The molecule has 0 bridgehead atoms. The number of nitrogens with zero attached hydrogens (tertiary/aromatic N) is 15. The zero-order valence-corrected chi connectivity index (χ0v) is 58.9. The van der Waals surface area contributed by atoms with E-state index in [-0.39, 0.29) is 56.4 Å². The van der Waals surface area contributed by atoms with Gasteiger partial charge in [0, 0.05) is 71.5 Å². The van der Waals surface area contributed by atoms with Gasteiger partial charge in [-0.05, 0) is 96.1 Å². The van der Waals surface area contributed by atoms with Gasteiger partial charge in [0.05, 0.1) is 65.1 Å². The number of pyridine rings is 3. The predicted octanol–water partition coefficient (Wildman–Crippen LogP) is 10.7. The summed E-state index contributed by atoms with van der Waals surface area (Å²) in [4.78, 5) is 38.3. The monoisotopic (exact) mass is 1480 g/mol. The molecular weight excluding hydrogens is 1420 g/mol. The van der Waals surface area contributed by atoms with E-state index in [9.17, 15) is 0 Å². The molecule has 6 fully saturated rings. The highest BCUT2D eigenvalue weighted by atomic mass is 35.5. The number of fused-ring (bicyclic) bond motifs is 9. The maximum atomic E-state index is 9.17. The van der Waals surface area contributed by atoms with Crippen molar-refractivity contribution < 1.29 is 56.8 Å². The van der Waals surface area contributed by atoms with Crippen LogP contribution in [-0.2, 0) is 42.6 Å². The number of ether oxygens (including phenoxy) is 12. The molecule has 0 aliphatic carbocycles. The van der Waals surface area contributed by atoms with Gasteiger partial charge in [-0.3, -0.25) is 15.0 Å². The van der Waals surface area contributed by atoms with E-state index in [1.807, 2.05) is 110 Å². The molecule has 9 aromatic heterocycles. The summed E-state index contributed by atoms with van der Waals surface area (Å²) < 4.78 is 80.3. The van der Waals surface area contributed by atoms with Crippen LogP contribution in [0.25, 0.3) is 65.8 Å². The highest BCUT2D eigenvalue weighted by Crippen LogP contribution is 2.48. The van der Waals surface area contributed by atoms with E-state index in [2.05, 4.69) is 44.9 Å². The molecule has 18 rings (SSSR count). The average molecular weight is 1480 g/mol. The van der Waals surface area contributed by atoms with E-state index in [1.54, 1.807) is 54.6 Å². The van der Waals surface area contributed by atoms with Gasteiger partial charge in [0.1, 0.15) is 163 Å². The fourth-order valence-electron chi connectivity index (χ4n) is 14.1. The maximum Gasteiger partial charge on any atom is 0.164 e. The van der Waals surface area contributed by atoms with E-state index in [1.165, 1.54) is 37.6 Å². The number of hydrogen-bond acceptors (Lipinski definition) is 27. The summed E-state index contributed by atoms with van der Waals surface area (Å²) in [6.45, 7) is 11.9. The number of nitrogen functional groups attached to an aromatic ring is 3. The van der Waals surface area contributed by atoms with Crippen LogP contribution < -0.4 is 31.4 Å². The van der Waals surface area contributed by atoms with E-state index in [4.69, 9.17) is 125 Å². The lowest BCUT2D eigenvalue weighted by Gasteiger charge is -2.25. The predicted molar refractivity (Wildman–Crippen MR) is 380 cm³/mol. The van der Waals surface area contributed by atoms with Gasteiger partial charge in [-0.2, -0.15) is 15.8 Å². The molecule has 6 saturated heterocycles. The van der Waals surface area contributed by atoms with E-state index >= 15 is 0 Å². The third-order valence-electron chi connectivity index (χ3n) is 18.8. The van der Waals surface area contributed by atoms with Crippen molar-refractivity contribution in [1.82, 2.24) is 58.6 Å². The average Bonchev–Trinajstić information content (AvgIpc) is 1.60. The Morgan fingerprint density at radius 1 is 0.410 bits per heavy atom. The molecule has 15 heterocycles. The number of hydrogen-bond donors (Lipinski definition) is 3. The third-order valence-corrected chi connectivity index (χ3v) is 19.9. The summed E-state index contributed by atoms with van der Waals surface area (Å²) in [6.07, 6.45) is 9.40. The zero-order chi connectivity index (χ0) is 73.0. The smallest absolute Gasteiger partial charge is 0.164 e. The Labute approximate surface area is 611 Å². The van der Waals surface area contributed by atoms with Crippen LogP contribution in [-0.4, -0.2) is 151 Å². The fourth-order valence-corrected chi connectivity index (χ4v) is 14.8. The largest absolute Gasteiger partial charge is 0.491 e. The number of anilines is 3. The molecule has 0 spiro atoms. The number of nitrogens with two attached hydrogens (primary N) is 3. The zero-order valence-electron chi connectivity index (χ0n) is 56.6. The minimum Gasteiger partial charge on any atom is -0.491 e. The topological polar surface area (TPSA) is 391 Å². The summed E-state index contributed by atoms with van der Waals surface area (Å²) in [5.41, 5.74) is 23.4. The quantitative estimate of drug-likeness (QED) is 0.0956. The van der Waals surface area contributed by atoms with Gasteiger partial charge in [-0.25, -0.2) is 29.9 Å². The summed E-state index contributed by atoms with van der Waals surface area (Å²) in [5.74, 6) is 0.288. The Bertz CT molecular complexity index is 5030. The van der Waals surface area contributed by atoms with Crippen LogP contribution in [0.1, 0.15) is 76.9 Å². The van der Waals surface area contributed by atoms with Gasteiger partial charge >= 0.3 is 0 Å². The van der Waals surface area contributed by atoms with Gasteiger partial charge in [0.2, 0.25) is 0 Å². The Morgan fingerprint density at radius 3 is 1.13 bits per heavy atom. The molecule has 0 unspecified atom stereocenters. The molecule has 3 aromatic carbocycles. The lowest BCUT2D eigenvalue weighted by atomic mass is 10.1. The second-order valence-corrected chi connectivity index (χ2v) is 27.9. The number of halogens is 3. The number of rotatable bonds is 12. The third kappa shape index (κ3) is 12.8. The summed E-state index contributed by atoms with van der Waals surface area (Å²) in [6, 6.07) is 27.8. The van der Waals surface area contributed by atoms with Crippen LogP contribution in [0.4, 0.5) is 17.3 Å². The fraction of sp³-hybridized carbons (Fsp3) is 0.333. The lowest BCUT2D eigenvalue weighted by Crippen LogP contribution is -2.33. The molecule has 0 saturated carbocycles. The first-order valence-corrected chi connectivity index (χ1v) is 34.2. The second-order valence-electron chi connectivity index (χ2n) is 26.8. The van der Waals surface area contributed by atoms with E-state index < -0.39 is 54.4 Å². The van der Waals surface area contributed by atoms with Gasteiger partial charge in [0.25, 0.3) is 0 Å². The molecule has 6 N–H and O–H groups in total. The Morgan fingerprint density at radius 2 is 0.743 bits per heavy atom. The van der Waals surface area contributed by atoms with Gasteiger partial charge in [-0.15, -0.1) is 0 Å². The standard InChI is InChI=1S/C24H19Cl2N5O4.C24H21ClN6O4.C24H23N7O4/c1-24(2)34-19-17(10-32-13-3-4-14-16(7-13)28-9-12(8-27)18(14)25)33-23(20(19)35-24)31-6-5-15-21(26)29-11-30-22(15)31;1-24(2)34-19-17(10-32-13-3-4-14-16(7-13)28-9-12(8-26)18(14)25)33-23(20(19)35-24)31-6-5-15-21(27)29-11-30-22(15)31;1-24(2)34-19-17(10-32-13-3-4-14-16(7-13)28-9-12(8-25)18(14)26)33-23(20(19)35-24)31-6-5-15-21(27)29-11-30-22(15)31/h3-7,9,11,17,19-20,23H,10H2,1-2H3;3-7,9,11,17,19-20,23H,10H2,1-2H3,(H2,27,29,30);3-7,9,11,17,19-20,23H,10H2,1-2H3,(H2,26,28)(H2,27,29,30)/t3*17-,19-,20-,23-/m111/s1. The van der Waals surface area contributed by atoms with Crippen LogP contribution >= 0.6 is 34.8 Å². The molecule has 12 aromatic rings. The van der Waals surface area contributed by atoms with Crippen LogP contribution in [0.3, 0.4) is 0 Å². The number of nitriles is 3. The van der Waals surface area contributed by atoms with Gasteiger partial charge in [-0.1, -0.05) is 34.8 Å². The molecule has 534 valence electrons. The molecule has 0 amide bonds. The molecule has 12 atom stereocenters. The van der Waals surface area contributed by atoms with Crippen molar-refractivity contribution in [3.05, 3.63) is 161 Å². The highest BCUT2D eigenvalue weighted by Gasteiger charge is 2.59. The highest BCUT2D eigenvalue weighted by molar-refractivity contribution is 6.37. The summed E-state index contributed by atoms with van der Waals surface area (Å²) in [7, 11) is 0. The lowest BCUT2D eigenvalue weighted by molar-refractivity contribution is -0.199. The first kappa shape index (κ1) is 68.9. The van der Waals surface area contributed by atoms with Gasteiger partial charge in [0.15, 0.2) is 36.0 Å². The molecule has 30 nitrogen and oxygen atoms in total. The normalized spacial score (nSPS) is 25.1. The minimum atomic E-state index is -0.771. The molecule has 6 aliphatic heterocycles. The van der Waals surface area contributed by atoms with Crippen molar-refractivity contribution in [2.75, 3.05) is 37.0 Å². The SMILES string of the molecule is CC1(C)O[C@@H]2[C@H](O1)[C@@H](COc1ccc3c(Cl)c(C#N)cnc3c1)O[C@H]2n1ccc2c(Cl)ncnc21.CC1(C)O[C@@H]2[C@H](O1)[C@@H](COc1ccc3c(Cl)c(C#N)cnc3c1)O[C@H]2n1ccc2c(N)ncnc21.CC1(C)O[C@@H]2[C@H](O1)[C@@H](COc1ccc3c(N)c(C#N)cnc3c1)O[C@H]2n1ccc2c(N)ncnc21. The molecule has 33 heteroatoms. The van der Waals surface area contributed by atoms with Crippen molar-refractivity contribution in [3.63, 3.8) is 0 Å². The molecule has 105 heavy (non-hydrogen) atoms. The van der Waals surface area contributed by atoms with Crippen LogP contribution in [0.2, 0.25) is 15.2 Å². The molecule has 6 aliphatic rings. The first-order chi connectivity index (χ1) is 50.5. The van der Waals surface area contributed by atoms with Gasteiger partial charge < -0.3 is 87.7 Å². The van der Waals surface area contributed by atoms with Crippen molar-refractivity contribution in [1.29, 1.82) is 15.8 Å². The Balaban J connectivity index is 0.000000121. The number of aromatic nitrogens is 12. The van der Waals surface area contributed by atoms with Crippen molar-refractivity contribution in [3.8, 4) is 35.5 Å². The summed E-state index contributed by atoms with van der Waals surface area (Å²) in [5, 5.41) is 32.9. The van der Waals surface area contributed by atoms with Crippen LogP contribution in [0, 0.1) is 34.0 Å². The van der Waals surface area contributed by atoms with Crippen LogP contribution in [0.15, 0.2) is 129 Å². The van der Waals surface area contributed by atoms with E-state index in [0.717, 1.165) is 16.2 Å². The van der Waals surface area contributed by atoms with Crippen LogP contribution in [0.5, 0.6) is 17.2 Å². The molecule has 0 radical (unpaired) electrons. The second kappa shape index (κ2) is 26.9. The minimum absolute atomic E-state index is 0.224. The Kier molecular flexibility index (Phi) is 17.7.